The summed E-state index contributed by atoms with van der Waals surface area (Å²) in [4.78, 5) is 3.94. The third kappa shape index (κ3) is 4.08. The van der Waals surface area contributed by atoms with Crippen LogP contribution in [0.5, 0.6) is 0 Å². The average molecular weight is 274 g/mol. The lowest BCUT2D eigenvalue weighted by Crippen LogP contribution is -2.27. The summed E-state index contributed by atoms with van der Waals surface area (Å²) in [6.07, 6.45) is 4.17. The van der Waals surface area contributed by atoms with E-state index in [4.69, 9.17) is 9.15 Å². The van der Waals surface area contributed by atoms with E-state index in [0.29, 0.717) is 18.1 Å². The van der Waals surface area contributed by atoms with E-state index in [1.807, 2.05) is 0 Å². The number of aromatic nitrogens is 1. The van der Waals surface area contributed by atoms with E-state index in [-0.39, 0.29) is 18.4 Å². The number of ether oxygens (including phenoxy) is 1. The Morgan fingerprint density at radius 2 is 2.39 bits per heavy atom. The van der Waals surface area contributed by atoms with Crippen LogP contribution in [-0.4, -0.2) is 31.9 Å². The molecule has 1 N–H and O–H groups in total. The maximum Gasteiger partial charge on any atom is 0.212 e. The zero-order valence-electron chi connectivity index (χ0n) is 10.4. The zero-order chi connectivity index (χ0) is 13.0. The second kappa shape index (κ2) is 5.81. The second-order valence-electron chi connectivity index (χ2n) is 4.43. The largest absolute Gasteiger partial charge is 0.445 e. The van der Waals surface area contributed by atoms with Crippen LogP contribution in [0.2, 0.25) is 0 Å². The number of hydrogen-bond acceptors (Lipinski definition) is 5. The second-order valence-corrected chi connectivity index (χ2v) is 6.35. The molecule has 0 radical (unpaired) electrons. The molecule has 2 rings (SSSR count). The fourth-order valence-electron chi connectivity index (χ4n) is 1.89. The number of aryl methyl sites for hydroxylation is 1. The molecule has 0 amide bonds. The quantitative estimate of drug-likeness (QED) is 0.836. The van der Waals surface area contributed by atoms with Crippen LogP contribution in [0.3, 0.4) is 0 Å². The van der Waals surface area contributed by atoms with E-state index in [9.17, 15) is 8.42 Å². The van der Waals surface area contributed by atoms with Crippen molar-refractivity contribution in [3.63, 3.8) is 0 Å². The SMILES string of the molecule is Cc1cnc(CNS(=O)(=O)CC[C@H]2CCCO2)o1. The molecule has 1 aromatic rings. The van der Waals surface area contributed by atoms with E-state index in [1.165, 1.54) is 0 Å². The Hall–Kier alpha value is -0.920. The minimum absolute atomic E-state index is 0.0807. The standard InChI is InChI=1S/C11H18N2O4S/c1-9-7-12-11(17-9)8-13-18(14,15)6-4-10-3-2-5-16-10/h7,10,13H,2-6,8H2,1H3/t10-/m1/s1. The molecule has 102 valence electrons. The van der Waals surface area contributed by atoms with Crippen molar-refractivity contribution in [2.24, 2.45) is 0 Å². The maximum absolute atomic E-state index is 11.7. The van der Waals surface area contributed by atoms with Crippen LogP contribution < -0.4 is 4.72 Å². The van der Waals surface area contributed by atoms with Crippen LogP contribution in [0.25, 0.3) is 0 Å². The smallest absolute Gasteiger partial charge is 0.212 e. The molecule has 0 spiro atoms. The summed E-state index contributed by atoms with van der Waals surface area (Å²) in [7, 11) is -3.29. The first-order valence-corrected chi connectivity index (χ1v) is 7.71. The molecule has 1 aliphatic rings. The fraction of sp³-hybridized carbons (Fsp3) is 0.727. The molecule has 1 fully saturated rings. The van der Waals surface area contributed by atoms with Gasteiger partial charge in [-0.2, -0.15) is 0 Å². The van der Waals surface area contributed by atoms with E-state index >= 15 is 0 Å². The molecular formula is C11H18N2O4S. The summed E-state index contributed by atoms with van der Waals surface area (Å²) < 4.78 is 36.5. The predicted molar refractivity (Wildman–Crippen MR) is 65.5 cm³/mol. The fourth-order valence-corrected chi connectivity index (χ4v) is 2.95. The molecule has 7 heteroatoms. The van der Waals surface area contributed by atoms with Crippen molar-refractivity contribution in [2.75, 3.05) is 12.4 Å². The summed E-state index contributed by atoms with van der Waals surface area (Å²) in [6, 6.07) is 0. The van der Waals surface area contributed by atoms with Gasteiger partial charge < -0.3 is 9.15 Å². The van der Waals surface area contributed by atoms with Gasteiger partial charge in [-0.25, -0.2) is 18.1 Å². The molecule has 0 unspecified atom stereocenters. The lowest BCUT2D eigenvalue weighted by Gasteiger charge is -2.09. The molecule has 0 saturated carbocycles. The molecule has 1 atom stereocenters. The highest BCUT2D eigenvalue weighted by molar-refractivity contribution is 7.89. The first kappa shape index (κ1) is 13.5. The molecule has 0 bridgehead atoms. The third-order valence-electron chi connectivity index (χ3n) is 2.84. The molecule has 1 aromatic heterocycles. The van der Waals surface area contributed by atoms with Gasteiger partial charge in [-0.15, -0.1) is 0 Å². The molecule has 18 heavy (non-hydrogen) atoms. The normalized spacial score (nSPS) is 20.4. The van der Waals surface area contributed by atoms with Crippen molar-refractivity contribution >= 4 is 10.0 Å². The Balaban J connectivity index is 1.76. The Bertz CT molecular complexity index is 477. The highest BCUT2D eigenvalue weighted by Gasteiger charge is 2.19. The first-order chi connectivity index (χ1) is 8.55. The highest BCUT2D eigenvalue weighted by atomic mass is 32.2. The molecule has 0 aromatic carbocycles. The molecule has 2 heterocycles. The molecule has 1 aliphatic heterocycles. The average Bonchev–Trinajstić information content (AvgIpc) is 2.95. The zero-order valence-corrected chi connectivity index (χ0v) is 11.2. The summed E-state index contributed by atoms with van der Waals surface area (Å²) in [6.45, 7) is 2.61. The van der Waals surface area contributed by atoms with Crippen molar-refractivity contribution in [1.29, 1.82) is 0 Å². The molecular weight excluding hydrogens is 256 g/mol. The number of oxazole rings is 1. The highest BCUT2D eigenvalue weighted by Crippen LogP contribution is 2.15. The van der Waals surface area contributed by atoms with Gasteiger partial charge in [0, 0.05) is 6.61 Å². The lowest BCUT2D eigenvalue weighted by atomic mass is 10.2. The van der Waals surface area contributed by atoms with Gasteiger partial charge >= 0.3 is 0 Å². The summed E-state index contributed by atoms with van der Waals surface area (Å²) in [5.74, 6) is 1.13. The Kier molecular flexibility index (Phi) is 4.36. The van der Waals surface area contributed by atoms with Gasteiger partial charge in [0.25, 0.3) is 0 Å². The van der Waals surface area contributed by atoms with Gasteiger partial charge in [0.15, 0.2) is 0 Å². The van der Waals surface area contributed by atoms with Gasteiger partial charge in [0.1, 0.15) is 5.76 Å². The number of hydrogen-bond donors (Lipinski definition) is 1. The Morgan fingerprint density at radius 3 is 3.00 bits per heavy atom. The number of nitrogens with one attached hydrogen (secondary N) is 1. The van der Waals surface area contributed by atoms with Crippen LogP contribution in [0.1, 0.15) is 30.9 Å². The number of nitrogens with zero attached hydrogens (tertiary/aromatic N) is 1. The van der Waals surface area contributed by atoms with Crippen LogP contribution >= 0.6 is 0 Å². The lowest BCUT2D eigenvalue weighted by molar-refractivity contribution is 0.109. The predicted octanol–water partition coefficient (Wildman–Crippen LogP) is 0.972. The van der Waals surface area contributed by atoms with Crippen molar-refractivity contribution in [2.45, 2.75) is 38.8 Å². The van der Waals surface area contributed by atoms with E-state index in [1.54, 1.807) is 13.1 Å². The summed E-state index contributed by atoms with van der Waals surface area (Å²) >= 11 is 0. The molecule has 1 saturated heterocycles. The summed E-state index contributed by atoms with van der Waals surface area (Å²) in [5, 5.41) is 0. The third-order valence-corrected chi connectivity index (χ3v) is 4.20. The van der Waals surface area contributed by atoms with Crippen LogP contribution in [0, 0.1) is 6.92 Å². The van der Waals surface area contributed by atoms with E-state index in [0.717, 1.165) is 19.4 Å². The summed E-state index contributed by atoms with van der Waals surface area (Å²) in [5.41, 5.74) is 0. The minimum Gasteiger partial charge on any atom is -0.445 e. The van der Waals surface area contributed by atoms with Crippen molar-refractivity contribution < 1.29 is 17.6 Å². The van der Waals surface area contributed by atoms with Gasteiger partial charge in [0.2, 0.25) is 15.9 Å². The first-order valence-electron chi connectivity index (χ1n) is 6.05. The van der Waals surface area contributed by atoms with Gasteiger partial charge in [-0.3, -0.25) is 0 Å². The van der Waals surface area contributed by atoms with Gasteiger partial charge in [-0.05, 0) is 26.2 Å². The van der Waals surface area contributed by atoms with Crippen LogP contribution in [0.15, 0.2) is 10.6 Å². The Morgan fingerprint density at radius 1 is 1.56 bits per heavy atom. The van der Waals surface area contributed by atoms with Crippen molar-refractivity contribution in [1.82, 2.24) is 9.71 Å². The topological polar surface area (TPSA) is 81.4 Å². The van der Waals surface area contributed by atoms with Crippen LogP contribution in [0.4, 0.5) is 0 Å². The number of sulfonamides is 1. The van der Waals surface area contributed by atoms with Crippen LogP contribution in [-0.2, 0) is 21.3 Å². The maximum atomic E-state index is 11.7. The monoisotopic (exact) mass is 274 g/mol. The molecule has 0 aliphatic carbocycles. The van der Waals surface area contributed by atoms with Gasteiger partial charge in [-0.1, -0.05) is 0 Å². The van der Waals surface area contributed by atoms with Crippen molar-refractivity contribution in [3.05, 3.63) is 17.8 Å². The van der Waals surface area contributed by atoms with Gasteiger partial charge in [0.05, 0.1) is 24.6 Å². The Labute approximate surface area is 107 Å². The molecule has 6 nitrogen and oxygen atoms in total. The van der Waals surface area contributed by atoms with E-state index < -0.39 is 10.0 Å². The minimum atomic E-state index is -3.29. The van der Waals surface area contributed by atoms with E-state index in [2.05, 4.69) is 9.71 Å². The number of rotatable bonds is 6. The van der Waals surface area contributed by atoms with Crippen molar-refractivity contribution in [3.8, 4) is 0 Å².